The van der Waals surface area contributed by atoms with Crippen LogP contribution in [0.3, 0.4) is 0 Å². The van der Waals surface area contributed by atoms with Gasteiger partial charge in [0.05, 0.1) is 18.8 Å². The van der Waals surface area contributed by atoms with Gasteiger partial charge >= 0.3 is 11.9 Å². The van der Waals surface area contributed by atoms with Gasteiger partial charge in [0.25, 0.3) is 5.91 Å². The molecular weight excluding hydrogens is 278 g/mol. The molecule has 1 aliphatic heterocycles. The van der Waals surface area contributed by atoms with Crippen LogP contribution in [0.5, 0.6) is 0 Å². The van der Waals surface area contributed by atoms with E-state index >= 15 is 0 Å². The Labute approximate surface area is 119 Å². The number of aliphatic carboxylic acids is 2. The van der Waals surface area contributed by atoms with Crippen LogP contribution in [0.25, 0.3) is 0 Å². The Bertz CT molecular complexity index is 624. The van der Waals surface area contributed by atoms with E-state index in [9.17, 15) is 19.2 Å². The number of imide groups is 1. The van der Waals surface area contributed by atoms with Crippen LogP contribution in [0, 0.1) is 0 Å². The molecule has 110 valence electrons. The zero-order valence-electron chi connectivity index (χ0n) is 11.0. The summed E-state index contributed by atoms with van der Waals surface area (Å²) in [6.45, 7) is -0.266. The Morgan fingerprint density at radius 1 is 1.10 bits per heavy atom. The SMILES string of the molecule is O=C(O)CCN1C(=O)c2ccccc2C(CC(=O)O)C1=O. The Hall–Kier alpha value is -2.70. The summed E-state index contributed by atoms with van der Waals surface area (Å²) in [5.74, 6) is -4.51. The Morgan fingerprint density at radius 2 is 1.76 bits per heavy atom. The fourth-order valence-electron chi connectivity index (χ4n) is 2.35. The van der Waals surface area contributed by atoms with Crippen molar-refractivity contribution in [3.8, 4) is 0 Å². The van der Waals surface area contributed by atoms with Crippen LogP contribution >= 0.6 is 0 Å². The number of hydrogen-bond acceptors (Lipinski definition) is 4. The van der Waals surface area contributed by atoms with Gasteiger partial charge in [-0.2, -0.15) is 0 Å². The minimum atomic E-state index is -1.16. The lowest BCUT2D eigenvalue weighted by Crippen LogP contribution is -2.46. The monoisotopic (exact) mass is 291 g/mol. The highest BCUT2D eigenvalue weighted by molar-refractivity contribution is 6.12. The lowest BCUT2D eigenvalue weighted by Gasteiger charge is -2.31. The van der Waals surface area contributed by atoms with Gasteiger partial charge in [-0.15, -0.1) is 0 Å². The van der Waals surface area contributed by atoms with E-state index < -0.39 is 36.1 Å². The van der Waals surface area contributed by atoms with Crippen molar-refractivity contribution in [2.45, 2.75) is 18.8 Å². The first-order valence-corrected chi connectivity index (χ1v) is 6.30. The van der Waals surface area contributed by atoms with Crippen molar-refractivity contribution in [2.24, 2.45) is 0 Å². The van der Waals surface area contributed by atoms with Crippen molar-refractivity contribution in [1.82, 2.24) is 4.90 Å². The van der Waals surface area contributed by atoms with Crippen LogP contribution < -0.4 is 0 Å². The van der Waals surface area contributed by atoms with Gasteiger partial charge < -0.3 is 10.2 Å². The fraction of sp³-hybridized carbons (Fsp3) is 0.286. The number of rotatable bonds is 5. The second-order valence-corrected chi connectivity index (χ2v) is 4.68. The zero-order chi connectivity index (χ0) is 15.6. The molecule has 7 heteroatoms. The standard InChI is InChI=1S/C14H13NO6/c16-11(17)5-6-15-13(20)9-4-2-1-3-8(9)10(14(15)21)7-12(18)19/h1-4,10H,5-7H2,(H,16,17)(H,18,19). The highest BCUT2D eigenvalue weighted by Crippen LogP contribution is 2.31. The van der Waals surface area contributed by atoms with Gasteiger partial charge in [0.15, 0.2) is 0 Å². The Morgan fingerprint density at radius 3 is 2.38 bits per heavy atom. The smallest absolute Gasteiger partial charge is 0.305 e. The van der Waals surface area contributed by atoms with Gasteiger partial charge in [0.1, 0.15) is 0 Å². The number of benzene rings is 1. The highest BCUT2D eigenvalue weighted by Gasteiger charge is 2.39. The molecular formula is C14H13NO6. The van der Waals surface area contributed by atoms with Gasteiger partial charge in [-0.25, -0.2) is 0 Å². The summed E-state index contributed by atoms with van der Waals surface area (Å²) in [5, 5.41) is 17.6. The molecule has 7 nitrogen and oxygen atoms in total. The second kappa shape index (κ2) is 5.74. The molecule has 0 saturated carbocycles. The minimum absolute atomic E-state index is 0.244. The molecule has 21 heavy (non-hydrogen) atoms. The van der Waals surface area contributed by atoms with Crippen LogP contribution in [0.2, 0.25) is 0 Å². The molecule has 0 aromatic heterocycles. The topological polar surface area (TPSA) is 112 Å². The van der Waals surface area contributed by atoms with Crippen LogP contribution in [0.4, 0.5) is 0 Å². The van der Waals surface area contributed by atoms with Gasteiger partial charge in [-0.1, -0.05) is 18.2 Å². The average Bonchev–Trinajstić information content (AvgIpc) is 2.43. The first-order valence-electron chi connectivity index (χ1n) is 6.30. The number of nitrogens with zero attached hydrogens (tertiary/aromatic N) is 1. The maximum atomic E-state index is 12.3. The minimum Gasteiger partial charge on any atom is -0.481 e. The molecule has 2 rings (SSSR count). The first-order chi connectivity index (χ1) is 9.91. The molecule has 1 atom stereocenters. The summed E-state index contributed by atoms with van der Waals surface area (Å²) < 4.78 is 0. The lowest BCUT2D eigenvalue weighted by atomic mass is 9.86. The highest BCUT2D eigenvalue weighted by atomic mass is 16.4. The van der Waals surface area contributed by atoms with E-state index in [2.05, 4.69) is 0 Å². The first kappa shape index (κ1) is 14.7. The van der Waals surface area contributed by atoms with Crippen molar-refractivity contribution in [1.29, 1.82) is 0 Å². The molecule has 1 aliphatic rings. The van der Waals surface area contributed by atoms with Crippen molar-refractivity contribution in [3.05, 3.63) is 35.4 Å². The third-order valence-corrected chi connectivity index (χ3v) is 3.30. The normalized spacial score (nSPS) is 17.5. The molecule has 0 aliphatic carbocycles. The van der Waals surface area contributed by atoms with Crippen molar-refractivity contribution < 1.29 is 29.4 Å². The Kier molecular flexibility index (Phi) is 4.02. The molecule has 0 spiro atoms. The van der Waals surface area contributed by atoms with Crippen LogP contribution in [0.15, 0.2) is 24.3 Å². The van der Waals surface area contributed by atoms with E-state index in [1.54, 1.807) is 18.2 Å². The zero-order valence-corrected chi connectivity index (χ0v) is 11.0. The molecule has 1 heterocycles. The summed E-state index contributed by atoms with van der Waals surface area (Å²) in [5.41, 5.74) is 0.621. The van der Waals surface area contributed by atoms with Gasteiger partial charge in [0.2, 0.25) is 5.91 Å². The third kappa shape index (κ3) is 2.91. The number of carbonyl (C=O) groups is 4. The third-order valence-electron chi connectivity index (χ3n) is 3.30. The fourth-order valence-corrected chi connectivity index (χ4v) is 2.35. The predicted molar refractivity (Wildman–Crippen MR) is 69.7 cm³/mol. The molecule has 1 unspecified atom stereocenters. The molecule has 2 N–H and O–H groups in total. The quantitative estimate of drug-likeness (QED) is 0.772. The maximum absolute atomic E-state index is 12.3. The predicted octanol–water partition coefficient (Wildman–Crippen LogP) is 0.702. The molecule has 1 aromatic carbocycles. The van der Waals surface area contributed by atoms with E-state index in [-0.39, 0.29) is 18.5 Å². The van der Waals surface area contributed by atoms with Crippen LogP contribution in [0.1, 0.15) is 34.7 Å². The van der Waals surface area contributed by atoms with E-state index in [1.807, 2.05) is 0 Å². The van der Waals surface area contributed by atoms with Crippen LogP contribution in [-0.2, 0) is 14.4 Å². The number of amides is 2. The van der Waals surface area contributed by atoms with E-state index in [0.717, 1.165) is 4.90 Å². The van der Waals surface area contributed by atoms with E-state index in [4.69, 9.17) is 10.2 Å². The maximum Gasteiger partial charge on any atom is 0.305 e. The summed E-state index contributed by atoms with van der Waals surface area (Å²) in [4.78, 5) is 46.9. The van der Waals surface area contributed by atoms with Gasteiger partial charge in [-0.05, 0) is 11.6 Å². The lowest BCUT2D eigenvalue weighted by molar-refractivity contribution is -0.142. The number of carboxylic acids is 2. The number of carboxylic acid groups (broad SMARTS) is 2. The average molecular weight is 291 g/mol. The van der Waals surface area contributed by atoms with Crippen molar-refractivity contribution in [3.63, 3.8) is 0 Å². The molecule has 0 saturated heterocycles. The number of fused-ring (bicyclic) bond motifs is 1. The molecule has 0 radical (unpaired) electrons. The van der Waals surface area contributed by atoms with Crippen LogP contribution in [-0.4, -0.2) is 45.4 Å². The number of hydrogen-bond donors (Lipinski definition) is 2. The summed E-state index contributed by atoms with van der Waals surface area (Å²) in [6.07, 6.45) is -0.813. The molecule has 0 bridgehead atoms. The molecule has 2 amide bonds. The summed E-state index contributed by atoms with van der Waals surface area (Å²) in [7, 11) is 0. The molecule has 1 aromatic rings. The van der Waals surface area contributed by atoms with E-state index in [1.165, 1.54) is 6.07 Å². The van der Waals surface area contributed by atoms with Gasteiger partial charge in [0, 0.05) is 12.1 Å². The van der Waals surface area contributed by atoms with Crippen molar-refractivity contribution >= 4 is 23.8 Å². The number of carbonyl (C=O) groups excluding carboxylic acids is 2. The second-order valence-electron chi connectivity index (χ2n) is 4.68. The van der Waals surface area contributed by atoms with E-state index in [0.29, 0.717) is 5.56 Å². The molecule has 0 fully saturated rings. The Balaban J connectivity index is 2.39. The summed E-state index contributed by atoms with van der Waals surface area (Å²) in [6, 6.07) is 6.29. The van der Waals surface area contributed by atoms with Crippen molar-refractivity contribution in [2.75, 3.05) is 6.54 Å². The summed E-state index contributed by atoms with van der Waals surface area (Å²) >= 11 is 0. The largest absolute Gasteiger partial charge is 0.481 e. The van der Waals surface area contributed by atoms with Gasteiger partial charge in [-0.3, -0.25) is 24.1 Å².